The highest BCUT2D eigenvalue weighted by atomic mass is 16.5. The van der Waals surface area contributed by atoms with Crippen molar-refractivity contribution in [1.29, 1.82) is 0 Å². The Labute approximate surface area is 177 Å². The fourth-order valence-corrected chi connectivity index (χ4v) is 5.44. The summed E-state index contributed by atoms with van der Waals surface area (Å²) in [4.78, 5) is 17.5. The Morgan fingerprint density at radius 1 is 0.967 bits per heavy atom. The van der Waals surface area contributed by atoms with Crippen LogP contribution in [-0.2, 0) is 15.1 Å². The number of amides is 1. The molecular weight excluding hydrogens is 378 g/mol. The molecule has 30 heavy (non-hydrogen) atoms. The molecule has 6 nitrogen and oxygen atoms in total. The van der Waals surface area contributed by atoms with Gasteiger partial charge in [-0.25, -0.2) is 0 Å². The number of anilines is 1. The SMILES string of the molecule is O=C1NCN(c2ccccc2)C12CCN([C@@H]1COCC[C@@]1(O)c1ccccc1)CC2. The molecule has 0 aliphatic carbocycles. The number of nitrogens with zero attached hydrogens (tertiary/aromatic N) is 2. The Bertz CT molecular complexity index is 883. The normalized spacial score (nSPS) is 29.2. The van der Waals surface area contributed by atoms with Crippen molar-refractivity contribution >= 4 is 11.6 Å². The van der Waals surface area contributed by atoms with E-state index in [1.807, 2.05) is 48.5 Å². The predicted octanol–water partition coefficient (Wildman–Crippen LogP) is 2.09. The van der Waals surface area contributed by atoms with Crippen LogP contribution in [0.4, 0.5) is 5.69 Å². The molecule has 3 saturated heterocycles. The van der Waals surface area contributed by atoms with E-state index in [-0.39, 0.29) is 11.9 Å². The molecule has 0 unspecified atom stereocenters. The zero-order chi connectivity index (χ0) is 20.6. The van der Waals surface area contributed by atoms with Crippen LogP contribution in [0.25, 0.3) is 0 Å². The van der Waals surface area contributed by atoms with Crippen LogP contribution in [-0.4, -0.2) is 60.5 Å². The molecule has 0 saturated carbocycles. The number of carbonyl (C=O) groups excluding carboxylic acids is 1. The molecule has 0 bridgehead atoms. The zero-order valence-corrected chi connectivity index (χ0v) is 17.2. The summed E-state index contributed by atoms with van der Waals surface area (Å²) in [6.07, 6.45) is 2.05. The van der Waals surface area contributed by atoms with E-state index in [0.29, 0.717) is 26.3 Å². The number of carbonyl (C=O) groups is 1. The largest absolute Gasteiger partial charge is 0.383 e. The predicted molar refractivity (Wildman–Crippen MR) is 115 cm³/mol. The molecule has 0 radical (unpaired) electrons. The molecule has 2 N–H and O–H groups in total. The standard InChI is InChI=1S/C24H29N3O3/c28-22-23(27(18-25-22)20-9-5-2-6-10-20)11-14-26(15-12-23)21-17-30-16-13-24(21,29)19-7-3-1-4-8-19/h1-10,21,29H,11-18H2,(H,25,28)/t21-,24-/m1/s1. The molecule has 5 rings (SSSR count). The van der Waals surface area contributed by atoms with E-state index < -0.39 is 11.1 Å². The second kappa shape index (κ2) is 7.69. The fourth-order valence-electron chi connectivity index (χ4n) is 5.44. The minimum atomic E-state index is -0.929. The Balaban J connectivity index is 1.38. The maximum Gasteiger partial charge on any atom is 0.247 e. The average molecular weight is 408 g/mol. The van der Waals surface area contributed by atoms with Gasteiger partial charge in [-0.1, -0.05) is 48.5 Å². The van der Waals surface area contributed by atoms with Crippen molar-refractivity contribution in [3.8, 4) is 0 Å². The number of hydrogen-bond donors (Lipinski definition) is 2. The number of nitrogens with one attached hydrogen (secondary N) is 1. The van der Waals surface area contributed by atoms with Crippen LogP contribution in [0, 0.1) is 0 Å². The highest BCUT2D eigenvalue weighted by molar-refractivity contribution is 5.93. The van der Waals surface area contributed by atoms with Gasteiger partial charge in [-0.2, -0.15) is 0 Å². The number of aliphatic hydroxyl groups is 1. The third-order valence-electron chi connectivity index (χ3n) is 7.20. The van der Waals surface area contributed by atoms with E-state index in [9.17, 15) is 9.90 Å². The molecule has 3 aliphatic heterocycles. The highest BCUT2D eigenvalue weighted by Gasteiger charge is 2.53. The van der Waals surface area contributed by atoms with Crippen LogP contribution in [0.1, 0.15) is 24.8 Å². The minimum Gasteiger partial charge on any atom is -0.383 e. The summed E-state index contributed by atoms with van der Waals surface area (Å²) in [7, 11) is 0. The van der Waals surface area contributed by atoms with Gasteiger partial charge in [0.2, 0.25) is 5.91 Å². The van der Waals surface area contributed by atoms with Gasteiger partial charge in [0, 0.05) is 31.8 Å². The summed E-state index contributed by atoms with van der Waals surface area (Å²) < 4.78 is 5.79. The Hall–Kier alpha value is -2.41. The smallest absolute Gasteiger partial charge is 0.247 e. The van der Waals surface area contributed by atoms with Gasteiger partial charge in [0.25, 0.3) is 0 Å². The van der Waals surface area contributed by atoms with E-state index in [1.165, 1.54) is 0 Å². The third kappa shape index (κ3) is 3.11. The van der Waals surface area contributed by atoms with E-state index in [4.69, 9.17) is 4.74 Å². The quantitative estimate of drug-likeness (QED) is 0.816. The van der Waals surface area contributed by atoms with Crippen molar-refractivity contribution in [2.75, 3.05) is 37.9 Å². The van der Waals surface area contributed by atoms with Gasteiger partial charge in [-0.15, -0.1) is 0 Å². The van der Waals surface area contributed by atoms with Crippen molar-refractivity contribution < 1.29 is 14.6 Å². The average Bonchev–Trinajstić information content (AvgIpc) is 3.11. The lowest BCUT2D eigenvalue weighted by Gasteiger charge is -2.50. The fraction of sp³-hybridized carbons (Fsp3) is 0.458. The molecule has 2 aromatic rings. The van der Waals surface area contributed by atoms with Crippen LogP contribution in [0.2, 0.25) is 0 Å². The number of ether oxygens (including phenoxy) is 1. The van der Waals surface area contributed by atoms with Crippen molar-refractivity contribution in [2.45, 2.75) is 36.4 Å². The first kappa shape index (κ1) is 19.5. The lowest BCUT2D eigenvalue weighted by Crippen LogP contribution is -2.63. The van der Waals surface area contributed by atoms with Crippen LogP contribution < -0.4 is 10.2 Å². The minimum absolute atomic E-state index is 0.111. The zero-order valence-electron chi connectivity index (χ0n) is 17.2. The molecule has 2 aromatic carbocycles. The molecule has 6 heteroatoms. The van der Waals surface area contributed by atoms with Crippen LogP contribution in [0.5, 0.6) is 0 Å². The first-order chi connectivity index (χ1) is 14.6. The molecule has 3 fully saturated rings. The number of rotatable bonds is 3. The Kier molecular flexibility index (Phi) is 5.01. The summed E-state index contributed by atoms with van der Waals surface area (Å²) in [6, 6.07) is 20.0. The van der Waals surface area contributed by atoms with Gasteiger partial charge >= 0.3 is 0 Å². The number of hydrogen-bond acceptors (Lipinski definition) is 5. The number of piperidine rings is 1. The van der Waals surface area contributed by atoms with E-state index >= 15 is 0 Å². The first-order valence-electron chi connectivity index (χ1n) is 10.8. The third-order valence-corrected chi connectivity index (χ3v) is 7.20. The summed E-state index contributed by atoms with van der Waals surface area (Å²) in [5, 5.41) is 14.7. The topological polar surface area (TPSA) is 65.0 Å². The van der Waals surface area contributed by atoms with Gasteiger partial charge in [-0.05, 0) is 30.5 Å². The summed E-state index contributed by atoms with van der Waals surface area (Å²) in [5.74, 6) is 0.115. The van der Waals surface area contributed by atoms with Gasteiger partial charge < -0.3 is 20.1 Å². The lowest BCUT2D eigenvalue weighted by molar-refractivity contribution is -0.143. The lowest BCUT2D eigenvalue weighted by atomic mass is 9.79. The van der Waals surface area contributed by atoms with Gasteiger partial charge in [0.05, 0.1) is 19.3 Å². The molecule has 1 spiro atoms. The molecule has 1 amide bonds. The maximum absolute atomic E-state index is 12.9. The summed E-state index contributed by atoms with van der Waals surface area (Å²) in [5.41, 5.74) is 0.577. The van der Waals surface area contributed by atoms with Crippen molar-refractivity contribution in [2.24, 2.45) is 0 Å². The van der Waals surface area contributed by atoms with E-state index in [1.54, 1.807) is 0 Å². The first-order valence-corrected chi connectivity index (χ1v) is 10.8. The highest BCUT2D eigenvalue weighted by Crippen LogP contribution is 2.40. The Morgan fingerprint density at radius 2 is 1.63 bits per heavy atom. The van der Waals surface area contributed by atoms with Crippen molar-refractivity contribution in [3.05, 3.63) is 66.2 Å². The van der Waals surface area contributed by atoms with Crippen molar-refractivity contribution in [3.63, 3.8) is 0 Å². The second-order valence-corrected chi connectivity index (χ2v) is 8.63. The molecule has 158 valence electrons. The van der Waals surface area contributed by atoms with Crippen LogP contribution in [0.3, 0.4) is 0 Å². The summed E-state index contributed by atoms with van der Waals surface area (Å²) >= 11 is 0. The molecular formula is C24H29N3O3. The monoisotopic (exact) mass is 407 g/mol. The van der Waals surface area contributed by atoms with Gasteiger partial charge in [-0.3, -0.25) is 9.69 Å². The van der Waals surface area contributed by atoms with Crippen LogP contribution in [0.15, 0.2) is 60.7 Å². The number of para-hydroxylation sites is 1. The van der Waals surface area contributed by atoms with Crippen molar-refractivity contribution in [1.82, 2.24) is 10.2 Å². The van der Waals surface area contributed by atoms with Crippen LogP contribution >= 0.6 is 0 Å². The second-order valence-electron chi connectivity index (χ2n) is 8.63. The molecule has 2 atom stereocenters. The van der Waals surface area contributed by atoms with Gasteiger partial charge in [0.15, 0.2) is 0 Å². The molecule has 3 aliphatic rings. The maximum atomic E-state index is 12.9. The number of benzene rings is 2. The summed E-state index contributed by atoms with van der Waals surface area (Å²) in [6.45, 7) is 3.11. The van der Waals surface area contributed by atoms with E-state index in [0.717, 1.165) is 37.2 Å². The van der Waals surface area contributed by atoms with E-state index in [2.05, 4.69) is 27.2 Å². The Morgan fingerprint density at radius 3 is 2.33 bits per heavy atom. The van der Waals surface area contributed by atoms with Gasteiger partial charge in [0.1, 0.15) is 11.1 Å². The molecule has 3 heterocycles. The molecule has 0 aromatic heterocycles. The number of likely N-dealkylation sites (tertiary alicyclic amines) is 1.